The number of piperidine rings is 1. The molecule has 8 heteroatoms. The van der Waals surface area contributed by atoms with Crippen LogP contribution in [-0.2, 0) is 14.3 Å². The molecule has 39 heavy (non-hydrogen) atoms. The summed E-state index contributed by atoms with van der Waals surface area (Å²) in [6.45, 7) is 9.16. The van der Waals surface area contributed by atoms with Gasteiger partial charge in [-0.15, -0.1) is 0 Å². The number of amides is 2. The maximum atomic E-state index is 13.8. The minimum atomic E-state index is -0.800. The molecule has 2 aromatic rings. The maximum absolute atomic E-state index is 13.8. The lowest BCUT2D eigenvalue weighted by Crippen LogP contribution is -2.73. The van der Waals surface area contributed by atoms with Gasteiger partial charge in [-0.2, -0.15) is 5.10 Å². The molecule has 2 N–H and O–H groups in total. The number of piperazine rings is 1. The van der Waals surface area contributed by atoms with Gasteiger partial charge in [0.1, 0.15) is 11.6 Å². The van der Waals surface area contributed by atoms with Crippen LogP contribution in [0.1, 0.15) is 86.8 Å². The maximum Gasteiger partial charge on any atom is 0.248 e. The molecule has 0 bridgehead atoms. The van der Waals surface area contributed by atoms with E-state index in [-0.39, 0.29) is 24.5 Å². The van der Waals surface area contributed by atoms with Crippen molar-refractivity contribution in [3.05, 3.63) is 52.8 Å². The van der Waals surface area contributed by atoms with Crippen LogP contribution < -0.4 is 5.32 Å². The Labute approximate surface area is 232 Å². The van der Waals surface area contributed by atoms with Crippen LogP contribution in [0.25, 0.3) is 0 Å². The first-order valence-electron chi connectivity index (χ1n) is 14.9. The van der Waals surface area contributed by atoms with Gasteiger partial charge in [0.25, 0.3) is 0 Å². The Morgan fingerprint density at radius 3 is 2.41 bits per heavy atom. The largest absolute Gasteiger partial charge is 0.378 e. The van der Waals surface area contributed by atoms with Crippen LogP contribution in [0.3, 0.4) is 0 Å². The summed E-state index contributed by atoms with van der Waals surface area (Å²) >= 11 is 0. The van der Waals surface area contributed by atoms with E-state index in [9.17, 15) is 9.59 Å². The van der Waals surface area contributed by atoms with Crippen LogP contribution in [-0.4, -0.2) is 76.2 Å². The van der Waals surface area contributed by atoms with Crippen molar-refractivity contribution in [2.24, 2.45) is 5.92 Å². The number of carbonyl (C=O) groups is 2. The van der Waals surface area contributed by atoms with Gasteiger partial charge < -0.3 is 15.0 Å². The SMILES string of the molecule is CCCN1C(=O)C(COCC2CCCCC2)NC(=O)C12CCN(C(c1ccccc1)c1c(C)n[nH]c1C)CC2. The summed E-state index contributed by atoms with van der Waals surface area (Å²) in [7, 11) is 0. The molecule has 2 aliphatic heterocycles. The van der Waals surface area contributed by atoms with Crippen molar-refractivity contribution in [3.63, 3.8) is 0 Å². The third-order valence-electron chi connectivity index (χ3n) is 9.18. The molecule has 1 saturated carbocycles. The lowest BCUT2D eigenvalue weighted by Gasteiger charge is -2.52. The average Bonchev–Trinajstić information content (AvgIpc) is 3.29. The number of ether oxygens (including phenoxy) is 1. The second kappa shape index (κ2) is 12.2. The zero-order valence-electron chi connectivity index (χ0n) is 23.9. The highest BCUT2D eigenvalue weighted by Gasteiger charge is 2.54. The summed E-state index contributed by atoms with van der Waals surface area (Å²) in [5.41, 5.74) is 3.67. The van der Waals surface area contributed by atoms with Crippen molar-refractivity contribution >= 4 is 11.8 Å². The molecule has 3 aliphatic rings. The van der Waals surface area contributed by atoms with Gasteiger partial charge in [-0.25, -0.2) is 0 Å². The number of likely N-dealkylation sites (tertiary alicyclic amines) is 1. The standard InChI is InChI=1S/C31H45N5O3/c1-4-17-36-29(37)26(21-39-20-24-11-7-5-8-12-24)32-30(38)31(36)15-18-35(19-16-31)28(25-13-9-6-10-14-25)27-22(2)33-34-23(27)3/h6,9-10,13-14,24,26,28H,4-5,7-8,11-12,15-21H2,1-3H3,(H,32,38)(H,33,34). The Morgan fingerprint density at radius 2 is 1.77 bits per heavy atom. The fourth-order valence-corrected chi connectivity index (χ4v) is 7.05. The number of benzene rings is 1. The van der Waals surface area contributed by atoms with Crippen molar-refractivity contribution in [1.82, 2.24) is 25.3 Å². The van der Waals surface area contributed by atoms with E-state index in [1.54, 1.807) is 0 Å². The van der Waals surface area contributed by atoms with Gasteiger partial charge in [0.05, 0.1) is 18.3 Å². The predicted octanol–water partition coefficient (Wildman–Crippen LogP) is 4.28. The summed E-state index contributed by atoms with van der Waals surface area (Å²) in [4.78, 5) is 31.8. The van der Waals surface area contributed by atoms with E-state index >= 15 is 0 Å². The van der Waals surface area contributed by atoms with Crippen molar-refractivity contribution in [3.8, 4) is 0 Å². The second-order valence-corrected chi connectivity index (χ2v) is 11.8. The summed E-state index contributed by atoms with van der Waals surface area (Å²) in [5.74, 6) is 0.568. The molecule has 1 spiro atoms. The van der Waals surface area contributed by atoms with Crippen LogP contribution in [0.2, 0.25) is 0 Å². The topological polar surface area (TPSA) is 90.6 Å². The number of nitrogens with zero attached hydrogens (tertiary/aromatic N) is 3. The van der Waals surface area contributed by atoms with Gasteiger partial charge >= 0.3 is 0 Å². The third kappa shape index (κ3) is 5.64. The molecule has 1 aromatic carbocycles. The van der Waals surface area contributed by atoms with Gasteiger partial charge in [0, 0.05) is 37.5 Å². The fourth-order valence-electron chi connectivity index (χ4n) is 7.05. The molecule has 2 unspecified atom stereocenters. The molecule has 3 fully saturated rings. The van der Waals surface area contributed by atoms with Crippen molar-refractivity contribution in [2.45, 2.75) is 89.8 Å². The highest BCUT2D eigenvalue weighted by atomic mass is 16.5. The lowest BCUT2D eigenvalue weighted by atomic mass is 9.80. The molecule has 8 nitrogen and oxygen atoms in total. The van der Waals surface area contributed by atoms with Crippen LogP contribution in [0.4, 0.5) is 0 Å². The fraction of sp³-hybridized carbons (Fsp3) is 0.645. The minimum absolute atomic E-state index is 0.00896. The van der Waals surface area contributed by atoms with E-state index in [4.69, 9.17) is 4.74 Å². The zero-order valence-corrected chi connectivity index (χ0v) is 23.9. The minimum Gasteiger partial charge on any atom is -0.378 e. The molecule has 5 rings (SSSR count). The highest BCUT2D eigenvalue weighted by molar-refractivity contribution is 6.00. The van der Waals surface area contributed by atoms with E-state index in [0.29, 0.717) is 45.0 Å². The number of nitrogens with one attached hydrogen (secondary N) is 2. The van der Waals surface area contributed by atoms with Gasteiger partial charge in [-0.3, -0.25) is 19.6 Å². The first kappa shape index (κ1) is 27.8. The Morgan fingerprint density at radius 1 is 1.05 bits per heavy atom. The monoisotopic (exact) mass is 535 g/mol. The van der Waals surface area contributed by atoms with E-state index in [1.165, 1.54) is 43.2 Å². The summed E-state index contributed by atoms with van der Waals surface area (Å²) in [5, 5.41) is 10.7. The van der Waals surface area contributed by atoms with Crippen LogP contribution >= 0.6 is 0 Å². The van der Waals surface area contributed by atoms with Crippen LogP contribution in [0, 0.1) is 19.8 Å². The molecular weight excluding hydrogens is 490 g/mol. The number of H-pyrrole nitrogens is 1. The molecule has 0 radical (unpaired) electrons. The molecule has 2 amide bonds. The van der Waals surface area contributed by atoms with Crippen LogP contribution in [0.15, 0.2) is 30.3 Å². The van der Waals surface area contributed by atoms with Gasteiger partial charge in [0.15, 0.2) is 0 Å². The Kier molecular flexibility index (Phi) is 8.72. The van der Waals surface area contributed by atoms with E-state index < -0.39 is 11.6 Å². The Hall–Kier alpha value is -2.71. The smallest absolute Gasteiger partial charge is 0.248 e. The molecule has 212 valence electrons. The molecule has 1 aromatic heterocycles. The number of hydrogen-bond donors (Lipinski definition) is 2. The third-order valence-corrected chi connectivity index (χ3v) is 9.18. The highest BCUT2D eigenvalue weighted by Crippen LogP contribution is 2.39. The number of aryl methyl sites for hydroxylation is 2. The molecular formula is C31H45N5O3. The number of rotatable bonds is 9. The number of aromatic amines is 1. The predicted molar refractivity (Wildman–Crippen MR) is 151 cm³/mol. The van der Waals surface area contributed by atoms with Gasteiger partial charge in [0.2, 0.25) is 11.8 Å². The van der Waals surface area contributed by atoms with E-state index in [0.717, 1.165) is 17.8 Å². The van der Waals surface area contributed by atoms with Crippen LogP contribution in [0.5, 0.6) is 0 Å². The summed E-state index contributed by atoms with van der Waals surface area (Å²) in [6.07, 6.45) is 8.29. The molecule has 2 saturated heterocycles. The number of aromatic nitrogens is 2. The number of carbonyl (C=O) groups excluding carboxylic acids is 2. The molecule has 3 heterocycles. The van der Waals surface area contributed by atoms with Gasteiger partial charge in [-0.05, 0) is 57.4 Å². The normalized spacial score (nSPS) is 23.3. The van der Waals surface area contributed by atoms with E-state index in [2.05, 4.69) is 58.5 Å². The zero-order chi connectivity index (χ0) is 27.4. The van der Waals surface area contributed by atoms with Crippen molar-refractivity contribution < 1.29 is 14.3 Å². The second-order valence-electron chi connectivity index (χ2n) is 11.8. The lowest BCUT2D eigenvalue weighted by molar-refractivity contribution is -0.163. The summed E-state index contributed by atoms with van der Waals surface area (Å²) in [6, 6.07) is 9.97. The van der Waals surface area contributed by atoms with Crippen molar-refractivity contribution in [2.75, 3.05) is 32.8 Å². The number of hydrogen-bond acceptors (Lipinski definition) is 5. The molecule has 1 aliphatic carbocycles. The van der Waals surface area contributed by atoms with E-state index in [1.807, 2.05) is 17.9 Å². The average molecular weight is 536 g/mol. The first-order chi connectivity index (χ1) is 18.9. The van der Waals surface area contributed by atoms with Crippen molar-refractivity contribution in [1.29, 1.82) is 0 Å². The molecule has 2 atom stereocenters. The first-order valence-corrected chi connectivity index (χ1v) is 14.9. The Balaban J connectivity index is 1.30. The summed E-state index contributed by atoms with van der Waals surface area (Å²) < 4.78 is 6.02. The quantitative estimate of drug-likeness (QED) is 0.500. The Bertz CT molecular complexity index is 1100. The van der Waals surface area contributed by atoms with Gasteiger partial charge in [-0.1, -0.05) is 56.5 Å².